The first-order chi connectivity index (χ1) is 9.65. The second-order valence-corrected chi connectivity index (χ2v) is 5.42. The van der Waals surface area contributed by atoms with E-state index in [2.05, 4.69) is 28.4 Å². The molecular weight excluding hydrogens is 272 g/mol. The van der Waals surface area contributed by atoms with Crippen LogP contribution in [0.25, 0.3) is 10.9 Å². The van der Waals surface area contributed by atoms with E-state index in [-0.39, 0.29) is 0 Å². The largest absolute Gasteiger partial charge is 0.361 e. The van der Waals surface area contributed by atoms with Crippen molar-refractivity contribution in [2.24, 2.45) is 7.05 Å². The van der Waals surface area contributed by atoms with Gasteiger partial charge < -0.3 is 10.3 Å². The monoisotopic (exact) mass is 288 g/mol. The maximum atomic E-state index is 5.99. The van der Waals surface area contributed by atoms with Gasteiger partial charge in [-0.25, -0.2) is 0 Å². The SMILES string of the molecule is Cc1c(CNCc2c[nH]c3cc(Cl)ccc23)cnn1C. The van der Waals surface area contributed by atoms with E-state index < -0.39 is 0 Å². The zero-order valence-corrected chi connectivity index (χ0v) is 12.3. The number of aromatic amines is 1. The van der Waals surface area contributed by atoms with E-state index in [1.165, 1.54) is 22.2 Å². The van der Waals surface area contributed by atoms with Gasteiger partial charge in [0.15, 0.2) is 0 Å². The van der Waals surface area contributed by atoms with Crippen LogP contribution in [0.15, 0.2) is 30.6 Å². The number of nitrogens with zero attached hydrogens (tertiary/aromatic N) is 2. The highest BCUT2D eigenvalue weighted by Gasteiger charge is 2.06. The second kappa shape index (κ2) is 5.31. The Morgan fingerprint density at radius 2 is 2.10 bits per heavy atom. The van der Waals surface area contributed by atoms with Gasteiger partial charge in [-0.15, -0.1) is 0 Å². The minimum Gasteiger partial charge on any atom is -0.361 e. The van der Waals surface area contributed by atoms with Crippen LogP contribution in [0.3, 0.4) is 0 Å². The highest BCUT2D eigenvalue weighted by Crippen LogP contribution is 2.22. The summed E-state index contributed by atoms with van der Waals surface area (Å²) in [4.78, 5) is 3.25. The molecule has 5 heteroatoms. The molecule has 3 rings (SSSR count). The van der Waals surface area contributed by atoms with Crippen LogP contribution >= 0.6 is 11.6 Å². The number of aryl methyl sites for hydroxylation is 1. The molecule has 0 aliphatic carbocycles. The molecule has 20 heavy (non-hydrogen) atoms. The number of fused-ring (bicyclic) bond motifs is 1. The fourth-order valence-corrected chi connectivity index (χ4v) is 2.53. The van der Waals surface area contributed by atoms with Gasteiger partial charge in [-0.1, -0.05) is 17.7 Å². The maximum Gasteiger partial charge on any atom is 0.0537 e. The van der Waals surface area contributed by atoms with Gasteiger partial charge in [0.1, 0.15) is 0 Å². The molecule has 3 aromatic rings. The third-order valence-electron chi connectivity index (χ3n) is 3.70. The van der Waals surface area contributed by atoms with Crippen LogP contribution in [0.2, 0.25) is 5.02 Å². The fourth-order valence-electron chi connectivity index (χ4n) is 2.35. The average molecular weight is 289 g/mol. The van der Waals surface area contributed by atoms with Crippen molar-refractivity contribution < 1.29 is 0 Å². The Bertz CT molecular complexity index is 741. The summed E-state index contributed by atoms with van der Waals surface area (Å²) in [6, 6.07) is 5.93. The van der Waals surface area contributed by atoms with E-state index in [4.69, 9.17) is 11.6 Å². The molecule has 0 atom stereocenters. The lowest BCUT2D eigenvalue weighted by Crippen LogP contribution is -2.13. The predicted octanol–water partition coefficient (Wildman–Crippen LogP) is 3.15. The van der Waals surface area contributed by atoms with E-state index in [0.717, 1.165) is 23.6 Å². The summed E-state index contributed by atoms with van der Waals surface area (Å²) in [5.74, 6) is 0. The Kier molecular flexibility index (Phi) is 3.51. The third kappa shape index (κ3) is 2.44. The number of hydrogen-bond acceptors (Lipinski definition) is 2. The first kappa shape index (κ1) is 13.2. The van der Waals surface area contributed by atoms with Crippen molar-refractivity contribution in [1.82, 2.24) is 20.1 Å². The van der Waals surface area contributed by atoms with Gasteiger partial charge in [0, 0.05) is 53.5 Å². The van der Waals surface area contributed by atoms with Gasteiger partial charge in [-0.2, -0.15) is 5.10 Å². The van der Waals surface area contributed by atoms with Crippen LogP contribution in [0, 0.1) is 6.92 Å². The Morgan fingerprint density at radius 1 is 1.30 bits per heavy atom. The molecule has 0 bridgehead atoms. The summed E-state index contributed by atoms with van der Waals surface area (Å²) in [6.07, 6.45) is 3.95. The van der Waals surface area contributed by atoms with Crippen molar-refractivity contribution >= 4 is 22.5 Å². The summed E-state index contributed by atoms with van der Waals surface area (Å²) in [5, 5.41) is 9.67. The van der Waals surface area contributed by atoms with Crippen LogP contribution in [0.1, 0.15) is 16.8 Å². The lowest BCUT2D eigenvalue weighted by atomic mass is 10.1. The molecule has 0 aliphatic rings. The number of H-pyrrole nitrogens is 1. The van der Waals surface area contributed by atoms with E-state index in [1.807, 2.05) is 36.3 Å². The number of benzene rings is 1. The normalized spacial score (nSPS) is 11.3. The van der Waals surface area contributed by atoms with E-state index in [9.17, 15) is 0 Å². The highest BCUT2D eigenvalue weighted by molar-refractivity contribution is 6.31. The average Bonchev–Trinajstić information content (AvgIpc) is 2.96. The van der Waals surface area contributed by atoms with Gasteiger partial charge in [0.25, 0.3) is 0 Å². The van der Waals surface area contributed by atoms with Gasteiger partial charge in [0.2, 0.25) is 0 Å². The lowest BCUT2D eigenvalue weighted by Gasteiger charge is -2.04. The molecule has 104 valence electrons. The van der Waals surface area contributed by atoms with Crippen LogP contribution in [0.5, 0.6) is 0 Å². The van der Waals surface area contributed by atoms with E-state index in [1.54, 1.807) is 0 Å². The lowest BCUT2D eigenvalue weighted by molar-refractivity contribution is 0.687. The van der Waals surface area contributed by atoms with Crippen molar-refractivity contribution in [2.75, 3.05) is 0 Å². The number of hydrogen-bond donors (Lipinski definition) is 2. The Morgan fingerprint density at radius 3 is 2.85 bits per heavy atom. The van der Waals surface area contributed by atoms with Gasteiger partial charge in [0.05, 0.1) is 6.20 Å². The second-order valence-electron chi connectivity index (χ2n) is 4.99. The molecule has 2 heterocycles. The van der Waals surface area contributed by atoms with E-state index in [0.29, 0.717) is 0 Å². The topological polar surface area (TPSA) is 45.6 Å². The third-order valence-corrected chi connectivity index (χ3v) is 3.93. The fraction of sp³-hybridized carbons (Fsp3) is 0.267. The summed E-state index contributed by atoms with van der Waals surface area (Å²) >= 11 is 5.99. The molecule has 0 amide bonds. The zero-order chi connectivity index (χ0) is 14.1. The number of nitrogens with one attached hydrogen (secondary N) is 2. The molecule has 4 nitrogen and oxygen atoms in total. The molecular formula is C15H17ClN4. The smallest absolute Gasteiger partial charge is 0.0537 e. The molecule has 0 unspecified atom stereocenters. The molecule has 0 fully saturated rings. The van der Waals surface area contributed by atoms with Gasteiger partial charge >= 0.3 is 0 Å². The quantitative estimate of drug-likeness (QED) is 0.775. The predicted molar refractivity (Wildman–Crippen MR) is 81.8 cm³/mol. The molecule has 2 aromatic heterocycles. The Balaban J connectivity index is 1.70. The summed E-state index contributed by atoms with van der Waals surface area (Å²) in [5.41, 5.74) is 4.75. The molecule has 1 aromatic carbocycles. The Labute approximate surface area is 122 Å². The summed E-state index contributed by atoms with van der Waals surface area (Å²) < 4.78 is 1.89. The standard InChI is InChI=1S/C15H17ClN4/c1-10-11(9-19-20(10)2)6-17-7-12-8-18-15-5-13(16)3-4-14(12)15/h3-5,8-9,17-18H,6-7H2,1-2H3. The summed E-state index contributed by atoms with van der Waals surface area (Å²) in [6.45, 7) is 3.72. The molecule has 2 N–H and O–H groups in total. The molecule has 0 saturated carbocycles. The summed E-state index contributed by atoms with van der Waals surface area (Å²) in [7, 11) is 1.96. The van der Waals surface area contributed by atoms with Crippen molar-refractivity contribution in [1.29, 1.82) is 0 Å². The number of halogens is 1. The molecule has 0 radical (unpaired) electrons. The van der Waals surface area contributed by atoms with Crippen molar-refractivity contribution in [3.8, 4) is 0 Å². The number of rotatable bonds is 4. The zero-order valence-electron chi connectivity index (χ0n) is 11.6. The first-order valence-corrected chi connectivity index (χ1v) is 6.96. The molecule has 0 saturated heterocycles. The van der Waals surface area contributed by atoms with Gasteiger partial charge in [-0.05, 0) is 24.6 Å². The maximum absolute atomic E-state index is 5.99. The van der Waals surface area contributed by atoms with Crippen LogP contribution in [0.4, 0.5) is 0 Å². The minimum absolute atomic E-state index is 0.754. The van der Waals surface area contributed by atoms with E-state index >= 15 is 0 Å². The van der Waals surface area contributed by atoms with Gasteiger partial charge in [-0.3, -0.25) is 4.68 Å². The first-order valence-electron chi connectivity index (χ1n) is 6.59. The van der Waals surface area contributed by atoms with Crippen LogP contribution < -0.4 is 5.32 Å². The van der Waals surface area contributed by atoms with Crippen molar-refractivity contribution in [3.05, 3.63) is 52.4 Å². The van der Waals surface area contributed by atoms with Crippen molar-refractivity contribution in [3.63, 3.8) is 0 Å². The molecule has 0 aliphatic heterocycles. The highest BCUT2D eigenvalue weighted by atomic mass is 35.5. The van der Waals surface area contributed by atoms with Crippen LogP contribution in [-0.2, 0) is 20.1 Å². The minimum atomic E-state index is 0.754. The van der Waals surface area contributed by atoms with Crippen LogP contribution in [-0.4, -0.2) is 14.8 Å². The number of aromatic nitrogens is 3. The van der Waals surface area contributed by atoms with Crippen molar-refractivity contribution in [2.45, 2.75) is 20.0 Å². The Hall–Kier alpha value is -1.78. The molecule has 0 spiro atoms.